The van der Waals surface area contributed by atoms with E-state index in [1.165, 1.54) is 0 Å². The molecule has 2 saturated heterocycles. The fourth-order valence-corrected chi connectivity index (χ4v) is 6.34. The minimum atomic E-state index is -0.494. The standard InChI is InChI=1S/C34H43ClN4O5/c1-34(2,3)44-33(41)39-19-16-30(22-39)43-28-14-17-38(18-15-28)26-9-4-23(5-10-26)32(40)37-25-7-12-27(13-8-25)42-29-11-6-24(21-36)31(35)20-29/h4-6,9-11,20,25,27-28,30H,7-8,12-19,22H2,1-3H3,(H,37,40)/t25-,27-,30-/m1/s1. The van der Waals surface area contributed by atoms with Gasteiger partial charge in [0.15, 0.2) is 0 Å². The molecular formula is C34H43ClN4O5. The summed E-state index contributed by atoms with van der Waals surface area (Å²) in [7, 11) is 0. The summed E-state index contributed by atoms with van der Waals surface area (Å²) in [5, 5.41) is 12.6. The number of piperidine rings is 1. The highest BCUT2D eigenvalue weighted by Gasteiger charge is 2.32. The normalized spacial score (nSPS) is 22.8. The molecule has 1 N–H and O–H groups in total. The van der Waals surface area contributed by atoms with Gasteiger partial charge in [0, 0.05) is 43.0 Å². The number of carbonyl (C=O) groups is 2. The third-order valence-corrected chi connectivity index (χ3v) is 8.80. The van der Waals surface area contributed by atoms with Crippen molar-refractivity contribution >= 4 is 29.3 Å². The number of hydrogen-bond donors (Lipinski definition) is 1. The van der Waals surface area contributed by atoms with Crippen molar-refractivity contribution < 1.29 is 23.8 Å². The van der Waals surface area contributed by atoms with E-state index in [9.17, 15) is 9.59 Å². The van der Waals surface area contributed by atoms with E-state index in [-0.39, 0.29) is 36.4 Å². The Labute approximate surface area is 265 Å². The Hall–Kier alpha value is -3.48. The van der Waals surface area contributed by atoms with Crippen LogP contribution in [-0.2, 0) is 9.47 Å². The van der Waals surface area contributed by atoms with Crippen molar-refractivity contribution in [3.05, 3.63) is 58.6 Å². The first kappa shape index (κ1) is 31.9. The number of halogens is 1. The van der Waals surface area contributed by atoms with Crippen LogP contribution in [0.1, 0.15) is 81.6 Å². The van der Waals surface area contributed by atoms with E-state index in [4.69, 9.17) is 31.1 Å². The lowest BCUT2D eigenvalue weighted by molar-refractivity contribution is -0.0208. The largest absolute Gasteiger partial charge is 0.490 e. The van der Waals surface area contributed by atoms with Crippen LogP contribution in [0.15, 0.2) is 42.5 Å². The molecule has 2 aliphatic heterocycles. The molecule has 0 bridgehead atoms. The summed E-state index contributed by atoms with van der Waals surface area (Å²) in [5.74, 6) is 0.614. The Morgan fingerprint density at radius 1 is 0.909 bits per heavy atom. The van der Waals surface area contributed by atoms with Crippen LogP contribution in [0, 0.1) is 11.3 Å². The number of nitriles is 1. The van der Waals surface area contributed by atoms with Crippen molar-refractivity contribution in [2.75, 3.05) is 31.1 Å². The van der Waals surface area contributed by atoms with Gasteiger partial charge in [0.25, 0.3) is 5.91 Å². The molecule has 5 rings (SSSR count). The second-order valence-electron chi connectivity index (χ2n) is 13.0. The maximum absolute atomic E-state index is 13.0. The van der Waals surface area contributed by atoms with Crippen LogP contribution in [-0.4, -0.2) is 73.0 Å². The molecule has 9 nitrogen and oxygen atoms in total. The summed E-state index contributed by atoms with van der Waals surface area (Å²) in [6, 6.07) is 15.2. The summed E-state index contributed by atoms with van der Waals surface area (Å²) in [5.41, 5.74) is 1.71. The maximum atomic E-state index is 13.0. The molecule has 0 spiro atoms. The van der Waals surface area contributed by atoms with Crippen LogP contribution >= 0.6 is 11.6 Å². The highest BCUT2D eigenvalue weighted by atomic mass is 35.5. The van der Waals surface area contributed by atoms with Gasteiger partial charge in [-0.3, -0.25) is 4.79 Å². The zero-order valence-electron chi connectivity index (χ0n) is 25.9. The molecule has 2 amide bonds. The Bertz CT molecular complexity index is 1340. The topological polar surface area (TPSA) is 104 Å². The lowest BCUT2D eigenvalue weighted by atomic mass is 9.92. The van der Waals surface area contributed by atoms with Crippen LogP contribution in [0.5, 0.6) is 5.75 Å². The fourth-order valence-electron chi connectivity index (χ4n) is 6.12. The molecule has 0 aromatic heterocycles. The van der Waals surface area contributed by atoms with Crippen LogP contribution in [0.25, 0.3) is 0 Å². The first-order valence-corrected chi connectivity index (χ1v) is 16.1. The van der Waals surface area contributed by atoms with Gasteiger partial charge in [-0.25, -0.2) is 4.79 Å². The Morgan fingerprint density at radius 2 is 1.59 bits per heavy atom. The SMILES string of the molecule is CC(C)(C)OC(=O)N1CC[C@@H](OC2CCN(c3ccc(C(=O)N[C@H]4CC[C@H](Oc5ccc(C#N)c(Cl)c5)CC4)cc3)CC2)C1. The number of anilines is 1. The molecule has 2 aromatic rings. The van der Waals surface area contributed by atoms with Gasteiger partial charge in [-0.1, -0.05) is 11.6 Å². The number of amides is 2. The lowest BCUT2D eigenvalue weighted by Gasteiger charge is -2.34. The highest BCUT2D eigenvalue weighted by Crippen LogP contribution is 2.28. The molecule has 3 aliphatic rings. The van der Waals surface area contributed by atoms with Crippen molar-refractivity contribution in [1.82, 2.24) is 10.2 Å². The van der Waals surface area contributed by atoms with Crippen molar-refractivity contribution in [1.29, 1.82) is 5.26 Å². The summed E-state index contributed by atoms with van der Waals surface area (Å²) >= 11 is 6.13. The van der Waals surface area contributed by atoms with Gasteiger partial charge in [-0.2, -0.15) is 5.26 Å². The summed E-state index contributed by atoms with van der Waals surface area (Å²) < 4.78 is 17.9. The van der Waals surface area contributed by atoms with E-state index in [0.717, 1.165) is 63.7 Å². The third-order valence-electron chi connectivity index (χ3n) is 8.49. The van der Waals surface area contributed by atoms with E-state index < -0.39 is 5.60 Å². The van der Waals surface area contributed by atoms with E-state index in [0.29, 0.717) is 35.0 Å². The molecule has 0 unspecified atom stereocenters. The zero-order chi connectivity index (χ0) is 31.3. The maximum Gasteiger partial charge on any atom is 0.410 e. The van der Waals surface area contributed by atoms with Crippen LogP contribution < -0.4 is 15.0 Å². The number of rotatable bonds is 7. The predicted molar refractivity (Wildman–Crippen MR) is 169 cm³/mol. The molecule has 3 fully saturated rings. The second kappa shape index (κ2) is 14.1. The van der Waals surface area contributed by atoms with Crippen molar-refractivity contribution in [3.8, 4) is 11.8 Å². The number of nitrogens with one attached hydrogen (secondary N) is 1. The van der Waals surface area contributed by atoms with E-state index in [1.54, 1.807) is 23.1 Å². The molecule has 236 valence electrons. The number of nitrogens with zero attached hydrogens (tertiary/aromatic N) is 3. The Balaban J connectivity index is 1.01. The van der Waals surface area contributed by atoms with Gasteiger partial charge in [-0.05, 0) is 102 Å². The van der Waals surface area contributed by atoms with E-state index >= 15 is 0 Å². The molecule has 44 heavy (non-hydrogen) atoms. The molecular weight excluding hydrogens is 580 g/mol. The summed E-state index contributed by atoms with van der Waals surface area (Å²) in [6.45, 7) is 8.68. The second-order valence-corrected chi connectivity index (χ2v) is 13.4. The van der Waals surface area contributed by atoms with Crippen molar-refractivity contribution in [3.63, 3.8) is 0 Å². The van der Waals surface area contributed by atoms with Gasteiger partial charge < -0.3 is 29.3 Å². The Kier molecular flexibility index (Phi) is 10.2. The number of benzene rings is 2. The smallest absolute Gasteiger partial charge is 0.410 e. The summed E-state index contributed by atoms with van der Waals surface area (Å²) in [6.07, 6.45) is 6.09. The van der Waals surface area contributed by atoms with Gasteiger partial charge in [0.2, 0.25) is 0 Å². The van der Waals surface area contributed by atoms with E-state index in [2.05, 4.69) is 16.3 Å². The number of likely N-dealkylation sites (tertiary alicyclic amines) is 1. The number of ether oxygens (including phenoxy) is 3. The molecule has 1 atom stereocenters. The molecule has 2 heterocycles. The predicted octanol–water partition coefficient (Wildman–Crippen LogP) is 6.33. The van der Waals surface area contributed by atoms with E-state index in [1.807, 2.05) is 45.0 Å². The third kappa shape index (κ3) is 8.58. The van der Waals surface area contributed by atoms with Crippen LogP contribution in [0.3, 0.4) is 0 Å². The highest BCUT2D eigenvalue weighted by molar-refractivity contribution is 6.31. The monoisotopic (exact) mass is 622 g/mol. The Morgan fingerprint density at radius 3 is 2.23 bits per heavy atom. The van der Waals surface area contributed by atoms with Gasteiger partial charge >= 0.3 is 6.09 Å². The average Bonchev–Trinajstić information content (AvgIpc) is 3.47. The van der Waals surface area contributed by atoms with Crippen LogP contribution in [0.4, 0.5) is 10.5 Å². The molecule has 1 aliphatic carbocycles. The van der Waals surface area contributed by atoms with Gasteiger partial charge in [0.1, 0.15) is 17.4 Å². The molecule has 0 radical (unpaired) electrons. The quantitative estimate of drug-likeness (QED) is 0.385. The summed E-state index contributed by atoms with van der Waals surface area (Å²) in [4.78, 5) is 29.4. The first-order valence-electron chi connectivity index (χ1n) is 15.7. The lowest BCUT2D eigenvalue weighted by Crippen LogP contribution is -2.40. The molecule has 2 aromatic carbocycles. The van der Waals surface area contributed by atoms with Gasteiger partial charge in [-0.15, -0.1) is 0 Å². The average molecular weight is 623 g/mol. The van der Waals surface area contributed by atoms with Crippen molar-refractivity contribution in [2.45, 2.75) is 95.7 Å². The minimum absolute atomic E-state index is 0.0520. The van der Waals surface area contributed by atoms with Crippen molar-refractivity contribution in [2.24, 2.45) is 0 Å². The first-order chi connectivity index (χ1) is 21.1. The van der Waals surface area contributed by atoms with Gasteiger partial charge in [0.05, 0.1) is 35.4 Å². The zero-order valence-corrected chi connectivity index (χ0v) is 26.6. The number of carbonyl (C=O) groups excluding carboxylic acids is 2. The minimum Gasteiger partial charge on any atom is -0.490 e. The number of hydrogen-bond acceptors (Lipinski definition) is 7. The fraction of sp³-hybridized carbons (Fsp3) is 0.559. The molecule has 1 saturated carbocycles. The van der Waals surface area contributed by atoms with Crippen LogP contribution in [0.2, 0.25) is 5.02 Å². The molecule has 10 heteroatoms.